The molecule has 1 N–H and O–H groups in total. The molecule has 4 atom stereocenters. The van der Waals surface area contributed by atoms with Gasteiger partial charge in [0.05, 0.1) is 12.0 Å². The van der Waals surface area contributed by atoms with Gasteiger partial charge in [0, 0.05) is 0 Å². The first-order valence-corrected chi connectivity index (χ1v) is 8.72. The molecule has 1 fully saturated rings. The SMILES string of the molecule is CC(C)(C)OC(=O)NC1C2C=CC(C2)C1C(=O)OCc1ccccc1. The van der Waals surface area contributed by atoms with Crippen LogP contribution < -0.4 is 5.32 Å². The quantitative estimate of drug-likeness (QED) is 0.672. The van der Waals surface area contributed by atoms with E-state index in [9.17, 15) is 9.59 Å². The van der Waals surface area contributed by atoms with Crippen LogP contribution in [0.25, 0.3) is 0 Å². The Morgan fingerprint density at radius 3 is 2.48 bits per heavy atom. The Morgan fingerprint density at radius 2 is 1.80 bits per heavy atom. The summed E-state index contributed by atoms with van der Waals surface area (Å²) in [5.74, 6) is -0.340. The van der Waals surface area contributed by atoms with E-state index in [2.05, 4.69) is 17.5 Å². The zero-order valence-electron chi connectivity index (χ0n) is 14.9. The van der Waals surface area contributed by atoms with E-state index in [0.29, 0.717) is 0 Å². The second-order valence-electron chi connectivity index (χ2n) is 7.74. The van der Waals surface area contributed by atoms with Crippen molar-refractivity contribution in [3.05, 3.63) is 48.0 Å². The van der Waals surface area contributed by atoms with Crippen LogP contribution in [0.15, 0.2) is 42.5 Å². The number of allylic oxidation sites excluding steroid dienone is 1. The summed E-state index contributed by atoms with van der Waals surface area (Å²) < 4.78 is 10.9. The van der Waals surface area contributed by atoms with Crippen LogP contribution in [0.4, 0.5) is 4.79 Å². The van der Waals surface area contributed by atoms with Crippen molar-refractivity contribution in [2.24, 2.45) is 17.8 Å². The van der Waals surface area contributed by atoms with Crippen LogP contribution in [-0.2, 0) is 20.9 Å². The second-order valence-corrected chi connectivity index (χ2v) is 7.74. The summed E-state index contributed by atoms with van der Waals surface area (Å²) in [4.78, 5) is 24.8. The molecule has 1 aromatic carbocycles. The van der Waals surface area contributed by atoms with Gasteiger partial charge in [-0.3, -0.25) is 4.79 Å². The van der Waals surface area contributed by atoms with E-state index in [1.54, 1.807) is 0 Å². The molecule has 4 unspecified atom stereocenters. The molecule has 5 heteroatoms. The third-order valence-corrected chi connectivity index (χ3v) is 4.64. The molecule has 0 heterocycles. The predicted molar refractivity (Wildman–Crippen MR) is 93.6 cm³/mol. The molecular formula is C20H25NO4. The standard InChI is InChI=1S/C20H25NO4/c1-20(2,3)25-19(23)21-17-15-10-9-14(11-15)16(17)18(22)24-12-13-7-5-4-6-8-13/h4-10,14-17H,11-12H2,1-3H3,(H,21,23). The molecule has 0 aliphatic heterocycles. The van der Waals surface area contributed by atoms with Gasteiger partial charge in [0.25, 0.3) is 0 Å². The summed E-state index contributed by atoms with van der Waals surface area (Å²) >= 11 is 0. The highest BCUT2D eigenvalue weighted by Gasteiger charge is 2.50. The van der Waals surface area contributed by atoms with Gasteiger partial charge in [-0.05, 0) is 44.6 Å². The van der Waals surface area contributed by atoms with Gasteiger partial charge >= 0.3 is 12.1 Å². The maximum absolute atomic E-state index is 12.6. The topological polar surface area (TPSA) is 64.6 Å². The molecule has 0 aromatic heterocycles. The zero-order chi connectivity index (χ0) is 18.0. The van der Waals surface area contributed by atoms with Crippen molar-refractivity contribution < 1.29 is 19.1 Å². The highest BCUT2D eigenvalue weighted by molar-refractivity contribution is 5.77. The maximum Gasteiger partial charge on any atom is 0.407 e. The lowest BCUT2D eigenvalue weighted by molar-refractivity contribution is -0.151. The number of fused-ring (bicyclic) bond motifs is 2. The van der Waals surface area contributed by atoms with Gasteiger partial charge in [-0.25, -0.2) is 4.79 Å². The van der Waals surface area contributed by atoms with Gasteiger partial charge in [0.2, 0.25) is 0 Å². The number of hydrogen-bond donors (Lipinski definition) is 1. The van der Waals surface area contributed by atoms with Crippen molar-refractivity contribution >= 4 is 12.1 Å². The van der Waals surface area contributed by atoms with Crippen LogP contribution in [0.1, 0.15) is 32.8 Å². The molecule has 0 radical (unpaired) electrons. The van der Waals surface area contributed by atoms with E-state index >= 15 is 0 Å². The van der Waals surface area contributed by atoms with Crippen molar-refractivity contribution in [1.82, 2.24) is 5.32 Å². The largest absolute Gasteiger partial charge is 0.461 e. The maximum atomic E-state index is 12.6. The monoisotopic (exact) mass is 343 g/mol. The van der Waals surface area contributed by atoms with Gasteiger partial charge in [0.1, 0.15) is 12.2 Å². The minimum atomic E-state index is -0.569. The van der Waals surface area contributed by atoms with Crippen LogP contribution in [0.3, 0.4) is 0 Å². The van der Waals surface area contributed by atoms with E-state index in [0.717, 1.165) is 12.0 Å². The lowest BCUT2D eigenvalue weighted by Crippen LogP contribution is -2.47. The Balaban J connectivity index is 1.63. The second kappa shape index (κ2) is 6.90. The van der Waals surface area contributed by atoms with Gasteiger partial charge in [-0.2, -0.15) is 0 Å². The number of ether oxygens (including phenoxy) is 2. The van der Waals surface area contributed by atoms with Gasteiger partial charge in [0.15, 0.2) is 0 Å². The lowest BCUT2D eigenvalue weighted by atomic mass is 9.89. The van der Waals surface area contributed by atoms with Crippen molar-refractivity contribution in [2.75, 3.05) is 0 Å². The summed E-state index contributed by atoms with van der Waals surface area (Å²) in [6.45, 7) is 5.70. The molecule has 25 heavy (non-hydrogen) atoms. The third kappa shape index (κ3) is 4.21. The third-order valence-electron chi connectivity index (χ3n) is 4.64. The van der Waals surface area contributed by atoms with Crippen LogP contribution in [-0.4, -0.2) is 23.7 Å². The molecular weight excluding hydrogens is 318 g/mol. The molecule has 134 valence electrons. The number of benzene rings is 1. The molecule has 5 nitrogen and oxygen atoms in total. The summed E-state index contributed by atoms with van der Waals surface area (Å²) in [6, 6.07) is 9.32. The van der Waals surface area contributed by atoms with Crippen LogP contribution in [0, 0.1) is 17.8 Å². The average molecular weight is 343 g/mol. The van der Waals surface area contributed by atoms with E-state index in [1.165, 1.54) is 0 Å². The van der Waals surface area contributed by atoms with E-state index in [1.807, 2.05) is 51.1 Å². The molecule has 3 rings (SSSR count). The normalized spacial score (nSPS) is 27.2. The van der Waals surface area contributed by atoms with E-state index in [-0.39, 0.29) is 36.4 Å². The summed E-state index contributed by atoms with van der Waals surface area (Å²) in [5, 5.41) is 2.88. The minimum absolute atomic E-state index is 0.119. The molecule has 0 spiro atoms. The number of hydrogen-bond acceptors (Lipinski definition) is 4. The van der Waals surface area contributed by atoms with Crippen molar-refractivity contribution in [3.8, 4) is 0 Å². The lowest BCUT2D eigenvalue weighted by Gasteiger charge is -2.29. The number of carbonyl (C=O) groups excluding carboxylic acids is 2. The Labute approximate surface area is 148 Å². The number of amides is 1. The van der Waals surface area contributed by atoms with Crippen LogP contribution in [0.5, 0.6) is 0 Å². The molecule has 2 aliphatic carbocycles. The van der Waals surface area contributed by atoms with Crippen molar-refractivity contribution in [1.29, 1.82) is 0 Å². The molecule has 1 amide bonds. The van der Waals surface area contributed by atoms with Gasteiger partial charge < -0.3 is 14.8 Å². The van der Waals surface area contributed by atoms with Gasteiger partial charge in [-0.15, -0.1) is 0 Å². The smallest absolute Gasteiger partial charge is 0.407 e. The zero-order valence-corrected chi connectivity index (χ0v) is 14.9. The fourth-order valence-corrected chi connectivity index (χ4v) is 3.61. The Morgan fingerprint density at radius 1 is 1.12 bits per heavy atom. The fourth-order valence-electron chi connectivity index (χ4n) is 3.61. The molecule has 1 aromatic rings. The molecule has 2 bridgehead atoms. The molecule has 1 saturated carbocycles. The summed E-state index contributed by atoms with van der Waals surface area (Å²) in [5.41, 5.74) is 0.382. The number of rotatable bonds is 4. The predicted octanol–water partition coefficient (Wildman–Crippen LogP) is 3.45. The van der Waals surface area contributed by atoms with Crippen LogP contribution >= 0.6 is 0 Å². The molecule has 0 saturated heterocycles. The number of esters is 1. The molecule has 2 aliphatic rings. The average Bonchev–Trinajstić information content (AvgIpc) is 3.13. The van der Waals surface area contributed by atoms with Gasteiger partial charge in [-0.1, -0.05) is 42.5 Å². The summed E-state index contributed by atoms with van der Waals surface area (Å²) in [7, 11) is 0. The number of alkyl carbamates (subject to hydrolysis) is 1. The Kier molecular flexibility index (Phi) is 4.84. The van der Waals surface area contributed by atoms with Crippen molar-refractivity contribution in [2.45, 2.75) is 45.4 Å². The highest BCUT2D eigenvalue weighted by atomic mass is 16.6. The first-order chi connectivity index (χ1) is 11.8. The highest BCUT2D eigenvalue weighted by Crippen LogP contribution is 2.44. The number of carbonyl (C=O) groups is 2. The van der Waals surface area contributed by atoms with E-state index in [4.69, 9.17) is 9.47 Å². The minimum Gasteiger partial charge on any atom is -0.461 e. The van der Waals surface area contributed by atoms with Crippen LogP contribution in [0.2, 0.25) is 0 Å². The van der Waals surface area contributed by atoms with E-state index < -0.39 is 11.7 Å². The summed E-state index contributed by atoms with van der Waals surface area (Å²) in [6.07, 6.45) is 4.52. The number of nitrogens with one attached hydrogen (secondary N) is 1. The van der Waals surface area contributed by atoms with Crippen molar-refractivity contribution in [3.63, 3.8) is 0 Å². The Hall–Kier alpha value is -2.30. The first-order valence-electron chi connectivity index (χ1n) is 8.72. The fraction of sp³-hybridized carbons (Fsp3) is 0.500. The first kappa shape index (κ1) is 17.5. The Bertz CT molecular complexity index is 662.